The Labute approximate surface area is 197 Å². The summed E-state index contributed by atoms with van der Waals surface area (Å²) in [5.41, 5.74) is 7.28. The van der Waals surface area contributed by atoms with Crippen LogP contribution in [0.5, 0.6) is 0 Å². The number of hydrazone groups is 1. The molecule has 0 bridgehead atoms. The van der Waals surface area contributed by atoms with Gasteiger partial charge in [0.05, 0.1) is 24.7 Å². The van der Waals surface area contributed by atoms with Crippen LogP contribution < -0.4 is 9.73 Å². The summed E-state index contributed by atoms with van der Waals surface area (Å²) in [5, 5.41) is 3.98. The van der Waals surface area contributed by atoms with E-state index in [9.17, 15) is 13.2 Å². The van der Waals surface area contributed by atoms with Gasteiger partial charge in [0.2, 0.25) is 10.0 Å². The molecule has 0 aliphatic rings. The average Bonchev–Trinajstić information content (AvgIpc) is 2.75. The number of sulfonamides is 1. The van der Waals surface area contributed by atoms with Crippen LogP contribution in [0.3, 0.4) is 0 Å². The molecule has 0 heterocycles. The molecule has 0 spiro atoms. The van der Waals surface area contributed by atoms with Gasteiger partial charge in [-0.15, -0.1) is 0 Å². The van der Waals surface area contributed by atoms with E-state index in [4.69, 9.17) is 0 Å². The molecule has 0 saturated heterocycles. The number of aryl methyl sites for hydroxylation is 2. The van der Waals surface area contributed by atoms with E-state index in [1.807, 2.05) is 50.2 Å². The number of rotatable bonds is 7. The van der Waals surface area contributed by atoms with Gasteiger partial charge in [0.25, 0.3) is 5.91 Å². The molecule has 3 rings (SSSR count). The minimum Gasteiger partial charge on any atom is -0.267 e. The van der Waals surface area contributed by atoms with Gasteiger partial charge in [-0.05, 0) is 72.5 Å². The van der Waals surface area contributed by atoms with E-state index in [2.05, 4.69) is 26.5 Å². The third kappa shape index (κ3) is 6.27. The molecule has 1 N–H and O–H groups in total. The maximum Gasteiger partial charge on any atom is 0.271 e. The Bertz CT molecular complexity index is 1240. The first-order valence-corrected chi connectivity index (χ1v) is 12.5. The first-order chi connectivity index (χ1) is 15.1. The van der Waals surface area contributed by atoms with Gasteiger partial charge in [0, 0.05) is 10.0 Å². The quantitative estimate of drug-likeness (QED) is 0.364. The fourth-order valence-electron chi connectivity index (χ4n) is 2.99. The predicted octanol–water partition coefficient (Wildman–Crippen LogP) is 4.80. The van der Waals surface area contributed by atoms with Crippen LogP contribution >= 0.6 is 15.9 Å². The first-order valence-electron chi connectivity index (χ1n) is 9.86. The smallest absolute Gasteiger partial charge is 0.267 e. The maximum absolute atomic E-state index is 12.4. The van der Waals surface area contributed by atoms with Gasteiger partial charge < -0.3 is 0 Å². The number of amides is 1. The molecular formula is C24H24BrN3O3S. The molecule has 3 aromatic carbocycles. The molecule has 0 unspecified atom stereocenters. The monoisotopic (exact) mass is 513 g/mol. The lowest BCUT2D eigenvalue weighted by molar-refractivity contribution is 0.0955. The molecule has 0 aromatic heterocycles. The summed E-state index contributed by atoms with van der Waals surface area (Å²) in [5.74, 6) is -0.348. The Morgan fingerprint density at radius 3 is 2.25 bits per heavy atom. The molecule has 0 saturated carbocycles. The standard InChI is InChI=1S/C24H24BrN3O3S/c1-17-4-13-23(14-18(17)2)28(32(3,30)31)16-20-5-9-21(10-6-20)24(29)27-26-15-19-7-11-22(25)12-8-19/h4-15H,16H2,1-3H3,(H,27,29)/b26-15+. The van der Waals surface area contributed by atoms with Crippen LogP contribution in [0.25, 0.3) is 0 Å². The van der Waals surface area contributed by atoms with Crippen molar-refractivity contribution in [2.45, 2.75) is 20.4 Å². The van der Waals surface area contributed by atoms with Crippen molar-refractivity contribution < 1.29 is 13.2 Å². The number of nitrogens with one attached hydrogen (secondary N) is 1. The van der Waals surface area contributed by atoms with Crippen LogP contribution in [-0.2, 0) is 16.6 Å². The highest BCUT2D eigenvalue weighted by Gasteiger charge is 2.18. The van der Waals surface area contributed by atoms with Crippen molar-refractivity contribution in [2.75, 3.05) is 10.6 Å². The average molecular weight is 514 g/mol. The molecule has 0 aliphatic heterocycles. The maximum atomic E-state index is 12.4. The normalized spacial score (nSPS) is 11.5. The molecule has 3 aromatic rings. The molecular weight excluding hydrogens is 490 g/mol. The van der Waals surface area contributed by atoms with Crippen molar-refractivity contribution >= 4 is 43.8 Å². The SMILES string of the molecule is Cc1ccc(N(Cc2ccc(C(=O)N/N=C/c3ccc(Br)cc3)cc2)S(C)(=O)=O)cc1C. The van der Waals surface area contributed by atoms with Gasteiger partial charge in [-0.25, -0.2) is 13.8 Å². The Balaban J connectivity index is 1.69. The molecule has 0 atom stereocenters. The Kier molecular flexibility index (Phi) is 7.48. The van der Waals surface area contributed by atoms with Crippen LogP contribution in [0.1, 0.15) is 32.6 Å². The number of nitrogens with zero attached hydrogens (tertiary/aromatic N) is 2. The van der Waals surface area contributed by atoms with Crippen molar-refractivity contribution in [3.05, 3.63) is 99.0 Å². The van der Waals surface area contributed by atoms with Gasteiger partial charge in [0.1, 0.15) is 0 Å². The van der Waals surface area contributed by atoms with Gasteiger partial charge in [0.15, 0.2) is 0 Å². The highest BCUT2D eigenvalue weighted by molar-refractivity contribution is 9.10. The molecule has 6 nitrogen and oxygen atoms in total. The highest BCUT2D eigenvalue weighted by Crippen LogP contribution is 2.23. The summed E-state index contributed by atoms with van der Waals surface area (Å²) in [7, 11) is -3.48. The van der Waals surface area contributed by atoms with Crippen molar-refractivity contribution in [2.24, 2.45) is 5.10 Å². The van der Waals surface area contributed by atoms with Gasteiger partial charge in [-0.3, -0.25) is 9.10 Å². The summed E-state index contributed by atoms with van der Waals surface area (Å²) >= 11 is 3.37. The van der Waals surface area contributed by atoms with E-state index >= 15 is 0 Å². The molecule has 166 valence electrons. The van der Waals surface area contributed by atoms with Gasteiger partial charge in [-0.1, -0.05) is 46.3 Å². The number of carbonyl (C=O) groups excluding carboxylic acids is 1. The van der Waals surface area contributed by atoms with Gasteiger partial charge >= 0.3 is 0 Å². The van der Waals surface area contributed by atoms with E-state index in [0.717, 1.165) is 26.7 Å². The van der Waals surface area contributed by atoms with E-state index in [1.165, 1.54) is 10.6 Å². The molecule has 0 fully saturated rings. The van der Waals surface area contributed by atoms with Crippen LogP contribution in [0, 0.1) is 13.8 Å². The topological polar surface area (TPSA) is 78.8 Å². The number of carbonyl (C=O) groups is 1. The van der Waals surface area contributed by atoms with Crippen LogP contribution in [0.15, 0.2) is 76.3 Å². The summed E-state index contributed by atoms with van der Waals surface area (Å²) in [6, 6.07) is 19.9. The summed E-state index contributed by atoms with van der Waals surface area (Å²) in [6.07, 6.45) is 2.75. The lowest BCUT2D eigenvalue weighted by Gasteiger charge is -2.23. The van der Waals surface area contributed by atoms with Crippen LogP contribution in [-0.4, -0.2) is 26.8 Å². The minimum absolute atomic E-state index is 0.172. The van der Waals surface area contributed by atoms with E-state index in [-0.39, 0.29) is 12.5 Å². The number of halogens is 1. The third-order valence-electron chi connectivity index (χ3n) is 4.97. The second-order valence-electron chi connectivity index (χ2n) is 7.49. The Morgan fingerprint density at radius 2 is 1.66 bits per heavy atom. The summed E-state index contributed by atoms with van der Waals surface area (Å²) in [6.45, 7) is 4.10. The molecule has 0 aliphatic carbocycles. The van der Waals surface area contributed by atoms with Gasteiger partial charge in [-0.2, -0.15) is 5.10 Å². The lowest BCUT2D eigenvalue weighted by atomic mass is 10.1. The summed E-state index contributed by atoms with van der Waals surface area (Å²) < 4.78 is 27.1. The van der Waals surface area contributed by atoms with E-state index < -0.39 is 10.0 Å². The fourth-order valence-corrected chi connectivity index (χ4v) is 4.13. The van der Waals surface area contributed by atoms with Crippen molar-refractivity contribution in [1.29, 1.82) is 0 Å². The zero-order valence-corrected chi connectivity index (χ0v) is 20.4. The zero-order chi connectivity index (χ0) is 23.3. The second kappa shape index (κ2) is 10.1. The number of benzene rings is 3. The van der Waals surface area contributed by atoms with Crippen molar-refractivity contribution in [1.82, 2.24) is 5.43 Å². The fraction of sp³-hybridized carbons (Fsp3) is 0.167. The van der Waals surface area contributed by atoms with Crippen LogP contribution in [0.4, 0.5) is 5.69 Å². The summed E-state index contributed by atoms with van der Waals surface area (Å²) in [4.78, 5) is 12.3. The van der Waals surface area contributed by atoms with E-state index in [1.54, 1.807) is 36.5 Å². The largest absolute Gasteiger partial charge is 0.271 e. The molecule has 32 heavy (non-hydrogen) atoms. The first kappa shape index (κ1) is 23.7. The number of hydrogen-bond donors (Lipinski definition) is 1. The predicted molar refractivity (Wildman–Crippen MR) is 133 cm³/mol. The second-order valence-corrected chi connectivity index (χ2v) is 10.3. The minimum atomic E-state index is -3.48. The van der Waals surface area contributed by atoms with E-state index in [0.29, 0.717) is 11.3 Å². The lowest BCUT2D eigenvalue weighted by Crippen LogP contribution is -2.29. The number of hydrogen-bond acceptors (Lipinski definition) is 4. The molecule has 0 radical (unpaired) electrons. The Morgan fingerprint density at radius 1 is 1.00 bits per heavy atom. The zero-order valence-electron chi connectivity index (χ0n) is 18.0. The highest BCUT2D eigenvalue weighted by atomic mass is 79.9. The van der Waals surface area contributed by atoms with Crippen LogP contribution in [0.2, 0.25) is 0 Å². The molecule has 8 heteroatoms. The molecule has 1 amide bonds. The van der Waals surface area contributed by atoms with Crippen molar-refractivity contribution in [3.63, 3.8) is 0 Å². The number of anilines is 1. The van der Waals surface area contributed by atoms with Crippen molar-refractivity contribution in [3.8, 4) is 0 Å². The Hall–Kier alpha value is -2.97. The third-order valence-corrected chi connectivity index (χ3v) is 6.64.